The monoisotopic (exact) mass is 334 g/mol. The molecule has 24 heavy (non-hydrogen) atoms. The Morgan fingerprint density at radius 2 is 1.25 bits per heavy atom. The summed E-state index contributed by atoms with van der Waals surface area (Å²) >= 11 is 0. The molecule has 0 bridgehead atoms. The van der Waals surface area contributed by atoms with Crippen LogP contribution in [0.3, 0.4) is 0 Å². The predicted octanol–water partition coefficient (Wildman–Crippen LogP) is 5.15. The molecule has 140 valence electrons. The summed E-state index contributed by atoms with van der Waals surface area (Å²) in [6.45, 7) is 20.1. The lowest BCUT2D eigenvalue weighted by molar-refractivity contribution is 0.413. The lowest BCUT2D eigenvalue weighted by Crippen LogP contribution is -2.35. The van der Waals surface area contributed by atoms with Gasteiger partial charge < -0.3 is 11.5 Å². The molecule has 0 radical (unpaired) electrons. The molecular formula is C22H42N2. The maximum absolute atomic E-state index is 6.37. The van der Waals surface area contributed by atoms with Crippen LogP contribution >= 0.6 is 0 Å². The van der Waals surface area contributed by atoms with Crippen molar-refractivity contribution < 1.29 is 0 Å². The van der Waals surface area contributed by atoms with Crippen LogP contribution in [-0.2, 0) is 0 Å². The van der Waals surface area contributed by atoms with Gasteiger partial charge in [-0.05, 0) is 49.0 Å². The molecule has 0 aromatic rings. The highest BCUT2D eigenvalue weighted by atomic mass is 14.6. The van der Waals surface area contributed by atoms with E-state index in [1.165, 1.54) is 12.8 Å². The first-order chi connectivity index (χ1) is 11.2. The Balaban J connectivity index is 3.64. The largest absolute Gasteiger partial charge is 0.330 e. The maximum Gasteiger partial charge on any atom is 0.0139 e. The highest BCUT2D eigenvalue weighted by Crippen LogP contribution is 2.45. The zero-order valence-corrected chi connectivity index (χ0v) is 17.4. The molecule has 1 aliphatic carbocycles. The van der Waals surface area contributed by atoms with Crippen LogP contribution in [0.2, 0.25) is 0 Å². The standard InChI is InChI=1S/C22H42N2/c1-13(2)20(14(3)4)18-10-9-17(11-23)22(19(18)12-24)21(15(5)6)16(7)8/h13-17,19H,9-12,23-24H2,1-8H3. The Kier molecular flexibility index (Phi) is 8.22. The first-order valence-electron chi connectivity index (χ1n) is 10.0. The molecule has 0 saturated heterocycles. The van der Waals surface area contributed by atoms with Crippen LogP contribution in [0.1, 0.15) is 68.2 Å². The Morgan fingerprint density at radius 1 is 0.792 bits per heavy atom. The molecule has 0 amide bonds. The van der Waals surface area contributed by atoms with Crippen molar-refractivity contribution in [1.29, 1.82) is 0 Å². The van der Waals surface area contributed by atoms with Crippen LogP contribution in [0.25, 0.3) is 0 Å². The van der Waals surface area contributed by atoms with Crippen LogP contribution in [-0.4, -0.2) is 13.1 Å². The van der Waals surface area contributed by atoms with E-state index in [4.69, 9.17) is 11.5 Å². The van der Waals surface area contributed by atoms with Gasteiger partial charge in [0.25, 0.3) is 0 Å². The fourth-order valence-electron chi connectivity index (χ4n) is 5.17. The van der Waals surface area contributed by atoms with Crippen molar-refractivity contribution in [2.45, 2.75) is 68.2 Å². The zero-order valence-electron chi connectivity index (χ0n) is 17.4. The lowest BCUT2D eigenvalue weighted by Gasteiger charge is -2.40. The zero-order chi connectivity index (χ0) is 18.6. The van der Waals surface area contributed by atoms with Crippen molar-refractivity contribution in [2.24, 2.45) is 47.0 Å². The van der Waals surface area contributed by atoms with E-state index in [1.54, 1.807) is 22.3 Å². The van der Waals surface area contributed by atoms with Gasteiger partial charge in [-0.1, -0.05) is 77.7 Å². The van der Waals surface area contributed by atoms with E-state index in [-0.39, 0.29) is 0 Å². The van der Waals surface area contributed by atoms with Crippen molar-refractivity contribution in [3.63, 3.8) is 0 Å². The minimum absolute atomic E-state index is 0.395. The normalized spacial score (nSPS) is 22.2. The molecule has 4 N–H and O–H groups in total. The van der Waals surface area contributed by atoms with Crippen molar-refractivity contribution in [3.8, 4) is 0 Å². The van der Waals surface area contributed by atoms with Crippen molar-refractivity contribution >= 4 is 0 Å². The summed E-state index contributed by atoms with van der Waals surface area (Å²) < 4.78 is 0. The molecule has 0 heterocycles. The van der Waals surface area contributed by atoms with E-state index < -0.39 is 0 Å². The van der Waals surface area contributed by atoms with E-state index in [0.29, 0.717) is 42.1 Å². The van der Waals surface area contributed by atoms with E-state index in [1.807, 2.05) is 0 Å². The third-order valence-electron chi connectivity index (χ3n) is 5.71. The third-order valence-corrected chi connectivity index (χ3v) is 5.71. The Labute approximate surface area is 151 Å². The van der Waals surface area contributed by atoms with Gasteiger partial charge in [0.1, 0.15) is 0 Å². The van der Waals surface area contributed by atoms with Crippen LogP contribution < -0.4 is 11.5 Å². The van der Waals surface area contributed by atoms with Gasteiger partial charge in [0.05, 0.1) is 0 Å². The maximum atomic E-state index is 6.37. The number of allylic oxidation sites excluding steroid dienone is 2. The average molecular weight is 335 g/mol. The molecule has 1 saturated carbocycles. The summed E-state index contributed by atoms with van der Waals surface area (Å²) in [5.41, 5.74) is 19.0. The van der Waals surface area contributed by atoms with Crippen molar-refractivity contribution in [3.05, 3.63) is 22.3 Å². The van der Waals surface area contributed by atoms with Gasteiger partial charge in [-0.25, -0.2) is 0 Å². The molecule has 1 rings (SSSR count). The SMILES string of the molecule is CC(C)C(=C1CCC(CN)C(=C(C(C)C)C(C)C)C1CN)C(C)C. The quantitative estimate of drug-likeness (QED) is 0.660. The van der Waals surface area contributed by atoms with Gasteiger partial charge in [-0.15, -0.1) is 0 Å². The second-order valence-electron chi connectivity index (χ2n) is 8.77. The van der Waals surface area contributed by atoms with Gasteiger partial charge in [0, 0.05) is 12.5 Å². The van der Waals surface area contributed by atoms with Gasteiger partial charge in [-0.2, -0.15) is 0 Å². The highest BCUT2D eigenvalue weighted by Gasteiger charge is 2.35. The number of hydrogen-bond acceptors (Lipinski definition) is 2. The predicted molar refractivity (Wildman–Crippen MR) is 108 cm³/mol. The molecule has 0 spiro atoms. The van der Waals surface area contributed by atoms with Gasteiger partial charge in [0.15, 0.2) is 0 Å². The summed E-state index contributed by atoms with van der Waals surface area (Å²) in [6.07, 6.45) is 2.35. The van der Waals surface area contributed by atoms with E-state index >= 15 is 0 Å². The topological polar surface area (TPSA) is 52.0 Å². The van der Waals surface area contributed by atoms with Crippen LogP contribution in [0.5, 0.6) is 0 Å². The molecule has 2 atom stereocenters. The molecule has 0 aromatic carbocycles. The van der Waals surface area contributed by atoms with Gasteiger partial charge in [0.2, 0.25) is 0 Å². The smallest absolute Gasteiger partial charge is 0.0139 e. The molecule has 2 unspecified atom stereocenters. The molecular weight excluding hydrogens is 292 g/mol. The summed E-state index contributed by atoms with van der Waals surface area (Å²) in [6, 6.07) is 0. The molecule has 2 heteroatoms. The van der Waals surface area contributed by atoms with Crippen LogP contribution in [0.4, 0.5) is 0 Å². The fraction of sp³-hybridized carbons (Fsp3) is 0.818. The Bertz CT molecular complexity index is 446. The van der Waals surface area contributed by atoms with Gasteiger partial charge in [-0.3, -0.25) is 0 Å². The second kappa shape index (κ2) is 9.20. The Hall–Kier alpha value is -0.600. The molecule has 0 aliphatic heterocycles. The van der Waals surface area contributed by atoms with E-state index in [9.17, 15) is 0 Å². The fourth-order valence-corrected chi connectivity index (χ4v) is 5.17. The summed E-state index contributed by atoms with van der Waals surface area (Å²) in [5, 5.41) is 0. The second-order valence-corrected chi connectivity index (χ2v) is 8.77. The van der Waals surface area contributed by atoms with E-state index in [0.717, 1.165) is 6.54 Å². The average Bonchev–Trinajstić information content (AvgIpc) is 2.46. The van der Waals surface area contributed by atoms with Crippen molar-refractivity contribution in [1.82, 2.24) is 0 Å². The Morgan fingerprint density at radius 3 is 1.58 bits per heavy atom. The van der Waals surface area contributed by atoms with Crippen LogP contribution in [0, 0.1) is 35.5 Å². The summed E-state index contributed by atoms with van der Waals surface area (Å²) in [7, 11) is 0. The number of nitrogens with two attached hydrogens (primary N) is 2. The molecule has 1 aliphatic rings. The minimum atomic E-state index is 0.395. The molecule has 2 nitrogen and oxygen atoms in total. The minimum Gasteiger partial charge on any atom is -0.330 e. The van der Waals surface area contributed by atoms with Crippen molar-refractivity contribution in [2.75, 3.05) is 13.1 Å². The first kappa shape index (κ1) is 21.4. The van der Waals surface area contributed by atoms with Gasteiger partial charge >= 0.3 is 0 Å². The summed E-state index contributed by atoms with van der Waals surface area (Å²) in [4.78, 5) is 0. The van der Waals surface area contributed by atoms with Crippen LogP contribution in [0.15, 0.2) is 22.3 Å². The van der Waals surface area contributed by atoms with E-state index in [2.05, 4.69) is 55.4 Å². The third kappa shape index (κ3) is 4.52. The highest BCUT2D eigenvalue weighted by molar-refractivity contribution is 5.37. The number of rotatable bonds is 6. The molecule has 0 aromatic heterocycles. The summed E-state index contributed by atoms with van der Waals surface area (Å²) in [5.74, 6) is 3.19. The first-order valence-corrected chi connectivity index (χ1v) is 10.0. The lowest BCUT2D eigenvalue weighted by atomic mass is 9.66. The molecule has 1 fully saturated rings. The number of hydrogen-bond donors (Lipinski definition) is 2.